The average molecular weight is 347 g/mol. The van der Waals surface area contributed by atoms with Crippen LogP contribution in [-0.2, 0) is 0 Å². The lowest BCUT2D eigenvalue weighted by molar-refractivity contribution is 0.103. The lowest BCUT2D eigenvalue weighted by atomic mass is 10.0. The van der Waals surface area contributed by atoms with Crippen LogP contribution in [0.4, 0.5) is 10.5 Å². The molecule has 0 saturated heterocycles. The molecule has 26 heavy (non-hydrogen) atoms. The van der Waals surface area contributed by atoms with E-state index in [0.717, 1.165) is 0 Å². The molecule has 3 rings (SSSR count). The highest BCUT2D eigenvalue weighted by molar-refractivity contribution is 6.11. The number of anilines is 1. The molecule has 0 unspecified atom stereocenters. The highest BCUT2D eigenvalue weighted by Crippen LogP contribution is 2.27. The van der Waals surface area contributed by atoms with Gasteiger partial charge in [-0.25, -0.2) is 4.79 Å². The first-order valence-electron chi connectivity index (χ1n) is 7.99. The number of ether oxygens (including phenoxy) is 2. The van der Waals surface area contributed by atoms with Gasteiger partial charge in [0, 0.05) is 11.3 Å². The van der Waals surface area contributed by atoms with Crippen molar-refractivity contribution in [3.8, 4) is 11.5 Å². The number of methoxy groups -OCH3 is 1. The molecule has 0 saturated carbocycles. The smallest absolute Gasteiger partial charge is 0.417 e. The Morgan fingerprint density at radius 1 is 0.846 bits per heavy atom. The maximum atomic E-state index is 12.8. The second kappa shape index (κ2) is 7.98. The number of benzene rings is 3. The molecule has 0 aliphatic rings. The topological polar surface area (TPSA) is 64.6 Å². The van der Waals surface area contributed by atoms with E-state index in [1.54, 1.807) is 66.7 Å². The van der Waals surface area contributed by atoms with Crippen LogP contribution in [-0.4, -0.2) is 19.0 Å². The Morgan fingerprint density at radius 3 is 2.15 bits per heavy atom. The van der Waals surface area contributed by atoms with E-state index in [2.05, 4.69) is 5.32 Å². The zero-order valence-electron chi connectivity index (χ0n) is 14.1. The van der Waals surface area contributed by atoms with E-state index in [-0.39, 0.29) is 17.1 Å². The van der Waals surface area contributed by atoms with Crippen LogP contribution >= 0.6 is 0 Å². The zero-order valence-corrected chi connectivity index (χ0v) is 14.1. The number of nitrogens with one attached hydrogen (secondary N) is 1. The van der Waals surface area contributed by atoms with Crippen molar-refractivity contribution in [3.05, 3.63) is 90.0 Å². The minimum atomic E-state index is -0.677. The molecule has 1 amide bonds. The summed E-state index contributed by atoms with van der Waals surface area (Å²) < 4.78 is 10.6. The van der Waals surface area contributed by atoms with Crippen molar-refractivity contribution in [1.82, 2.24) is 0 Å². The summed E-state index contributed by atoms with van der Waals surface area (Å²) in [5.74, 6) is 0.403. The maximum absolute atomic E-state index is 12.8. The largest absolute Gasteiger partial charge is 0.497 e. The van der Waals surface area contributed by atoms with E-state index in [1.807, 2.05) is 12.1 Å². The number of carbonyl (C=O) groups excluding carboxylic acids is 2. The third-order valence-electron chi connectivity index (χ3n) is 3.69. The van der Waals surface area contributed by atoms with Gasteiger partial charge in [-0.1, -0.05) is 48.5 Å². The maximum Gasteiger partial charge on any atom is 0.417 e. The van der Waals surface area contributed by atoms with Gasteiger partial charge in [-0.2, -0.15) is 0 Å². The summed E-state index contributed by atoms with van der Waals surface area (Å²) in [6.45, 7) is 0. The molecule has 0 bridgehead atoms. The Morgan fingerprint density at radius 2 is 1.50 bits per heavy atom. The van der Waals surface area contributed by atoms with Gasteiger partial charge in [-0.05, 0) is 30.3 Å². The number of amides is 1. The molecule has 0 aromatic heterocycles. The van der Waals surface area contributed by atoms with Gasteiger partial charge in [0.25, 0.3) is 0 Å². The van der Waals surface area contributed by atoms with E-state index in [9.17, 15) is 9.59 Å². The lowest BCUT2D eigenvalue weighted by Crippen LogP contribution is -2.18. The summed E-state index contributed by atoms with van der Waals surface area (Å²) >= 11 is 0. The monoisotopic (exact) mass is 347 g/mol. The van der Waals surface area contributed by atoms with Gasteiger partial charge < -0.3 is 9.47 Å². The normalized spacial score (nSPS) is 10.0. The minimum Gasteiger partial charge on any atom is -0.497 e. The zero-order chi connectivity index (χ0) is 18.4. The average Bonchev–Trinajstić information content (AvgIpc) is 2.69. The van der Waals surface area contributed by atoms with Gasteiger partial charge in [-0.3, -0.25) is 10.1 Å². The van der Waals surface area contributed by atoms with Crippen molar-refractivity contribution < 1.29 is 19.1 Å². The van der Waals surface area contributed by atoms with Crippen molar-refractivity contribution in [2.24, 2.45) is 0 Å². The summed E-state index contributed by atoms with van der Waals surface area (Å²) in [5.41, 5.74) is 1.34. The summed E-state index contributed by atoms with van der Waals surface area (Å²) in [6.07, 6.45) is -0.677. The highest BCUT2D eigenvalue weighted by atomic mass is 16.6. The van der Waals surface area contributed by atoms with Gasteiger partial charge in [0.2, 0.25) is 0 Å². The molecule has 0 fully saturated rings. The molecule has 0 radical (unpaired) electrons. The molecule has 0 aliphatic carbocycles. The van der Waals surface area contributed by atoms with Crippen molar-refractivity contribution in [3.63, 3.8) is 0 Å². The van der Waals surface area contributed by atoms with Crippen LogP contribution in [0.25, 0.3) is 0 Å². The third kappa shape index (κ3) is 4.08. The Labute approximate surface area is 151 Å². The summed E-state index contributed by atoms with van der Waals surface area (Å²) in [5, 5.41) is 2.62. The predicted molar refractivity (Wildman–Crippen MR) is 99.0 cm³/mol. The van der Waals surface area contributed by atoms with Gasteiger partial charge in [0.05, 0.1) is 12.7 Å². The van der Waals surface area contributed by atoms with E-state index in [1.165, 1.54) is 7.11 Å². The summed E-state index contributed by atoms with van der Waals surface area (Å²) in [4.78, 5) is 25.0. The molecule has 3 aromatic rings. The molecule has 130 valence electrons. The first-order chi connectivity index (χ1) is 12.7. The molecule has 0 aliphatic heterocycles. The number of hydrogen-bond donors (Lipinski definition) is 1. The first kappa shape index (κ1) is 17.2. The van der Waals surface area contributed by atoms with Gasteiger partial charge in [0.15, 0.2) is 5.78 Å². The van der Waals surface area contributed by atoms with Crippen LogP contribution in [0.1, 0.15) is 15.9 Å². The van der Waals surface area contributed by atoms with E-state index in [0.29, 0.717) is 17.0 Å². The quantitative estimate of drug-likeness (QED) is 0.688. The minimum absolute atomic E-state index is 0.160. The number of ketones is 1. The molecule has 5 heteroatoms. The van der Waals surface area contributed by atoms with E-state index in [4.69, 9.17) is 9.47 Å². The molecule has 0 heterocycles. The number of para-hydroxylation sites is 1. The van der Waals surface area contributed by atoms with Crippen molar-refractivity contribution in [2.45, 2.75) is 0 Å². The van der Waals surface area contributed by atoms with Gasteiger partial charge >= 0.3 is 6.09 Å². The number of hydrogen-bond acceptors (Lipinski definition) is 4. The van der Waals surface area contributed by atoms with E-state index >= 15 is 0 Å². The first-order valence-corrected chi connectivity index (χ1v) is 7.99. The van der Waals surface area contributed by atoms with E-state index < -0.39 is 6.09 Å². The SMILES string of the molecule is COc1ccc(OC(=O)Nc2ccccc2)c(C(=O)c2ccccc2)c1. The fourth-order valence-electron chi connectivity index (χ4n) is 2.41. The van der Waals surface area contributed by atoms with Crippen molar-refractivity contribution in [1.29, 1.82) is 0 Å². The summed E-state index contributed by atoms with van der Waals surface area (Å²) in [6, 6.07) is 22.4. The molecule has 1 N–H and O–H groups in total. The van der Waals surface area contributed by atoms with Crippen LogP contribution in [0.3, 0.4) is 0 Å². The third-order valence-corrected chi connectivity index (χ3v) is 3.69. The molecular formula is C21H17NO4. The molecule has 3 aromatic carbocycles. The number of rotatable bonds is 5. The molecular weight excluding hydrogens is 330 g/mol. The fraction of sp³-hybridized carbons (Fsp3) is 0.0476. The highest BCUT2D eigenvalue weighted by Gasteiger charge is 2.18. The van der Waals surface area contributed by atoms with Crippen molar-refractivity contribution in [2.75, 3.05) is 12.4 Å². The molecule has 0 spiro atoms. The predicted octanol–water partition coefficient (Wildman–Crippen LogP) is 4.54. The van der Waals surface area contributed by atoms with Gasteiger partial charge in [0.1, 0.15) is 11.5 Å². The summed E-state index contributed by atoms with van der Waals surface area (Å²) in [7, 11) is 1.51. The van der Waals surface area contributed by atoms with Crippen LogP contribution < -0.4 is 14.8 Å². The van der Waals surface area contributed by atoms with Crippen LogP contribution in [0.2, 0.25) is 0 Å². The Kier molecular flexibility index (Phi) is 5.29. The Hall–Kier alpha value is -3.60. The lowest BCUT2D eigenvalue weighted by Gasteiger charge is -2.12. The Balaban J connectivity index is 1.87. The Bertz CT molecular complexity index is 908. The van der Waals surface area contributed by atoms with Gasteiger partial charge in [-0.15, -0.1) is 0 Å². The van der Waals surface area contributed by atoms with Crippen LogP contribution in [0.5, 0.6) is 11.5 Å². The molecule has 0 atom stereocenters. The fourth-order valence-corrected chi connectivity index (χ4v) is 2.41. The number of carbonyl (C=O) groups is 2. The van der Waals surface area contributed by atoms with Crippen LogP contribution in [0, 0.1) is 0 Å². The van der Waals surface area contributed by atoms with Crippen LogP contribution in [0.15, 0.2) is 78.9 Å². The standard InChI is InChI=1S/C21H17NO4/c1-25-17-12-13-19(26-21(24)22-16-10-6-3-7-11-16)18(14-17)20(23)15-8-4-2-5-9-15/h2-14H,1H3,(H,22,24). The second-order valence-corrected chi connectivity index (χ2v) is 5.44. The van der Waals surface area contributed by atoms with Crippen molar-refractivity contribution >= 4 is 17.6 Å². The molecule has 5 nitrogen and oxygen atoms in total. The second-order valence-electron chi connectivity index (χ2n) is 5.44.